The summed E-state index contributed by atoms with van der Waals surface area (Å²) in [5.41, 5.74) is 7.16. The Morgan fingerprint density at radius 1 is 1.38 bits per heavy atom. The highest BCUT2D eigenvalue weighted by molar-refractivity contribution is 5.39. The van der Waals surface area contributed by atoms with E-state index in [0.717, 1.165) is 17.7 Å². The minimum absolute atomic E-state index is 0.404. The van der Waals surface area contributed by atoms with Gasteiger partial charge in [0, 0.05) is 5.69 Å². The summed E-state index contributed by atoms with van der Waals surface area (Å²) in [6.45, 7) is 3.61. The standard InChI is InChI=1S/C11H15NO/c1-2-3-4-11(13)9-5-7-10(12)8-6-9/h2,5-8,11,13H,1,3-4,12H2. The lowest BCUT2D eigenvalue weighted by Gasteiger charge is -2.09. The molecule has 1 aromatic carbocycles. The maximum Gasteiger partial charge on any atom is 0.0793 e. The van der Waals surface area contributed by atoms with Crippen molar-refractivity contribution in [3.8, 4) is 0 Å². The van der Waals surface area contributed by atoms with Crippen LogP contribution >= 0.6 is 0 Å². The highest BCUT2D eigenvalue weighted by atomic mass is 16.3. The van der Waals surface area contributed by atoms with E-state index in [-0.39, 0.29) is 0 Å². The van der Waals surface area contributed by atoms with Gasteiger partial charge in [-0.05, 0) is 30.5 Å². The van der Waals surface area contributed by atoms with E-state index < -0.39 is 6.10 Å². The summed E-state index contributed by atoms with van der Waals surface area (Å²) in [5, 5.41) is 9.65. The van der Waals surface area contributed by atoms with Crippen LogP contribution in [0.25, 0.3) is 0 Å². The van der Waals surface area contributed by atoms with Gasteiger partial charge in [0.1, 0.15) is 0 Å². The molecule has 3 N–H and O–H groups in total. The van der Waals surface area contributed by atoms with Crippen LogP contribution in [0, 0.1) is 0 Å². The zero-order valence-corrected chi connectivity index (χ0v) is 7.61. The first kappa shape index (κ1) is 9.81. The second-order valence-corrected chi connectivity index (χ2v) is 3.05. The molecule has 2 heteroatoms. The Labute approximate surface area is 78.7 Å². The van der Waals surface area contributed by atoms with Gasteiger partial charge in [-0.15, -0.1) is 6.58 Å². The van der Waals surface area contributed by atoms with E-state index in [1.807, 2.05) is 12.1 Å². The monoisotopic (exact) mass is 177 g/mol. The predicted molar refractivity (Wildman–Crippen MR) is 55.2 cm³/mol. The van der Waals surface area contributed by atoms with Gasteiger partial charge in [-0.3, -0.25) is 0 Å². The van der Waals surface area contributed by atoms with Crippen LogP contribution in [-0.4, -0.2) is 5.11 Å². The third-order valence-corrected chi connectivity index (χ3v) is 1.97. The van der Waals surface area contributed by atoms with Gasteiger partial charge < -0.3 is 10.8 Å². The molecule has 0 heterocycles. The van der Waals surface area contributed by atoms with Gasteiger partial charge in [0.05, 0.1) is 6.10 Å². The summed E-state index contributed by atoms with van der Waals surface area (Å²) in [6.07, 6.45) is 2.94. The minimum atomic E-state index is -0.404. The molecule has 1 atom stereocenters. The van der Waals surface area contributed by atoms with Crippen LogP contribution in [0.1, 0.15) is 24.5 Å². The van der Waals surface area contributed by atoms with E-state index in [2.05, 4.69) is 6.58 Å². The minimum Gasteiger partial charge on any atom is -0.399 e. The molecule has 70 valence electrons. The lowest BCUT2D eigenvalue weighted by molar-refractivity contribution is 0.169. The normalized spacial score (nSPS) is 12.4. The predicted octanol–water partition coefficient (Wildman–Crippen LogP) is 2.27. The number of nitrogen functional groups attached to an aromatic ring is 1. The Morgan fingerprint density at radius 3 is 2.54 bits per heavy atom. The van der Waals surface area contributed by atoms with Gasteiger partial charge in [-0.25, -0.2) is 0 Å². The number of hydrogen-bond donors (Lipinski definition) is 2. The van der Waals surface area contributed by atoms with E-state index in [0.29, 0.717) is 6.42 Å². The fourth-order valence-corrected chi connectivity index (χ4v) is 1.16. The topological polar surface area (TPSA) is 46.2 Å². The van der Waals surface area contributed by atoms with E-state index in [1.165, 1.54) is 0 Å². The highest BCUT2D eigenvalue weighted by Gasteiger charge is 2.04. The van der Waals surface area contributed by atoms with Gasteiger partial charge in [0.25, 0.3) is 0 Å². The molecule has 0 aliphatic rings. The number of benzene rings is 1. The number of rotatable bonds is 4. The van der Waals surface area contributed by atoms with E-state index >= 15 is 0 Å². The second kappa shape index (κ2) is 4.67. The molecule has 0 aliphatic carbocycles. The van der Waals surface area contributed by atoms with Gasteiger partial charge in [-0.2, -0.15) is 0 Å². The number of anilines is 1. The number of allylic oxidation sites excluding steroid dienone is 1. The first-order valence-electron chi connectivity index (χ1n) is 4.38. The second-order valence-electron chi connectivity index (χ2n) is 3.05. The van der Waals surface area contributed by atoms with Gasteiger partial charge in [0.2, 0.25) is 0 Å². The molecule has 0 aliphatic heterocycles. The van der Waals surface area contributed by atoms with Crippen molar-refractivity contribution < 1.29 is 5.11 Å². The zero-order valence-electron chi connectivity index (χ0n) is 7.61. The van der Waals surface area contributed by atoms with Crippen LogP contribution in [0.5, 0.6) is 0 Å². The molecule has 0 aromatic heterocycles. The Kier molecular flexibility index (Phi) is 3.53. The largest absolute Gasteiger partial charge is 0.399 e. The molecule has 0 bridgehead atoms. The summed E-state index contributed by atoms with van der Waals surface area (Å²) >= 11 is 0. The first-order chi connectivity index (χ1) is 6.24. The van der Waals surface area contributed by atoms with Crippen LogP contribution in [0.2, 0.25) is 0 Å². The average molecular weight is 177 g/mol. The Balaban J connectivity index is 2.60. The molecule has 1 unspecified atom stereocenters. The van der Waals surface area contributed by atoms with E-state index in [9.17, 15) is 5.11 Å². The SMILES string of the molecule is C=CCCC(O)c1ccc(N)cc1. The van der Waals surface area contributed by atoms with Crippen LogP contribution in [0.4, 0.5) is 5.69 Å². The van der Waals surface area contributed by atoms with Crippen molar-refractivity contribution in [2.45, 2.75) is 18.9 Å². The fraction of sp³-hybridized carbons (Fsp3) is 0.273. The molecule has 0 saturated heterocycles. The van der Waals surface area contributed by atoms with Crippen molar-refractivity contribution in [2.75, 3.05) is 5.73 Å². The third kappa shape index (κ3) is 2.92. The summed E-state index contributed by atoms with van der Waals surface area (Å²) in [6, 6.07) is 7.30. The summed E-state index contributed by atoms with van der Waals surface area (Å²) in [7, 11) is 0. The Hall–Kier alpha value is -1.28. The number of hydrogen-bond acceptors (Lipinski definition) is 2. The summed E-state index contributed by atoms with van der Waals surface area (Å²) < 4.78 is 0. The lowest BCUT2D eigenvalue weighted by Crippen LogP contribution is -1.96. The van der Waals surface area contributed by atoms with Crippen molar-refractivity contribution in [2.24, 2.45) is 0 Å². The molecule has 0 amide bonds. The van der Waals surface area contributed by atoms with Crippen LogP contribution in [-0.2, 0) is 0 Å². The molecule has 2 nitrogen and oxygen atoms in total. The molecule has 0 fully saturated rings. The number of nitrogens with two attached hydrogens (primary N) is 1. The fourth-order valence-electron chi connectivity index (χ4n) is 1.16. The van der Waals surface area contributed by atoms with Gasteiger partial charge >= 0.3 is 0 Å². The molecular formula is C11H15NO. The first-order valence-corrected chi connectivity index (χ1v) is 4.38. The van der Waals surface area contributed by atoms with Crippen molar-refractivity contribution in [3.63, 3.8) is 0 Å². The molecular weight excluding hydrogens is 162 g/mol. The molecule has 0 spiro atoms. The third-order valence-electron chi connectivity index (χ3n) is 1.97. The molecule has 0 saturated carbocycles. The van der Waals surface area contributed by atoms with Gasteiger partial charge in [-0.1, -0.05) is 18.2 Å². The van der Waals surface area contributed by atoms with E-state index in [4.69, 9.17) is 5.73 Å². The maximum atomic E-state index is 9.65. The van der Waals surface area contributed by atoms with Crippen LogP contribution in [0.15, 0.2) is 36.9 Å². The van der Waals surface area contributed by atoms with Crippen molar-refractivity contribution >= 4 is 5.69 Å². The maximum absolute atomic E-state index is 9.65. The molecule has 13 heavy (non-hydrogen) atoms. The quantitative estimate of drug-likeness (QED) is 0.547. The average Bonchev–Trinajstić information content (AvgIpc) is 2.15. The zero-order chi connectivity index (χ0) is 9.68. The molecule has 1 aromatic rings. The molecule has 0 radical (unpaired) electrons. The summed E-state index contributed by atoms with van der Waals surface area (Å²) in [5.74, 6) is 0. The number of aliphatic hydroxyl groups is 1. The van der Waals surface area contributed by atoms with Gasteiger partial charge in [0.15, 0.2) is 0 Å². The van der Waals surface area contributed by atoms with Crippen molar-refractivity contribution in [1.82, 2.24) is 0 Å². The summed E-state index contributed by atoms with van der Waals surface area (Å²) in [4.78, 5) is 0. The Bertz CT molecular complexity index is 266. The lowest BCUT2D eigenvalue weighted by atomic mass is 10.0. The van der Waals surface area contributed by atoms with E-state index in [1.54, 1.807) is 18.2 Å². The molecule has 1 rings (SSSR count). The Morgan fingerprint density at radius 2 is 2.00 bits per heavy atom. The highest BCUT2D eigenvalue weighted by Crippen LogP contribution is 2.19. The van der Waals surface area contributed by atoms with Crippen LogP contribution in [0.3, 0.4) is 0 Å². The van der Waals surface area contributed by atoms with Crippen LogP contribution < -0.4 is 5.73 Å². The smallest absolute Gasteiger partial charge is 0.0793 e. The number of aliphatic hydroxyl groups excluding tert-OH is 1. The van der Waals surface area contributed by atoms with Crippen molar-refractivity contribution in [3.05, 3.63) is 42.5 Å². The van der Waals surface area contributed by atoms with Crippen molar-refractivity contribution in [1.29, 1.82) is 0 Å².